The second kappa shape index (κ2) is 4.99. The average Bonchev–Trinajstić information content (AvgIpc) is 1.87. The van der Waals surface area contributed by atoms with Gasteiger partial charge in [-0.3, -0.25) is 4.79 Å². The van der Waals surface area contributed by atoms with Crippen LogP contribution >= 0.6 is 12.2 Å². The molecule has 0 fully saturated rings. The zero-order valence-corrected chi connectivity index (χ0v) is 6.49. The Morgan fingerprint density at radius 1 is 1.70 bits per heavy atom. The standard InChI is InChI=1S/C5H10N2O2S/c1-6-5(10)7-3-2-4(8)9/h2-3H2,1H3,(H,8,9)(H2,6,7,10). The molecule has 58 valence electrons. The molecule has 3 N–H and O–H groups in total. The molecule has 0 saturated heterocycles. The van der Waals surface area contributed by atoms with Crippen LogP contribution in [0, 0.1) is 0 Å². The first-order chi connectivity index (χ1) is 4.66. The first-order valence-electron chi connectivity index (χ1n) is 2.84. The summed E-state index contributed by atoms with van der Waals surface area (Å²) < 4.78 is 0. The van der Waals surface area contributed by atoms with Crippen molar-refractivity contribution in [1.29, 1.82) is 0 Å². The highest BCUT2D eigenvalue weighted by Crippen LogP contribution is 1.74. The molecule has 0 aliphatic rings. The number of carbonyl (C=O) groups is 1. The van der Waals surface area contributed by atoms with Crippen LogP contribution < -0.4 is 10.6 Å². The lowest BCUT2D eigenvalue weighted by atomic mass is 10.4. The van der Waals surface area contributed by atoms with E-state index in [1.165, 1.54) is 0 Å². The Labute approximate surface area is 64.6 Å². The summed E-state index contributed by atoms with van der Waals surface area (Å²) in [5.41, 5.74) is 0. The maximum atomic E-state index is 9.97. The normalized spacial score (nSPS) is 8.50. The molecule has 0 atom stereocenters. The van der Waals surface area contributed by atoms with Crippen molar-refractivity contribution in [2.24, 2.45) is 0 Å². The minimum Gasteiger partial charge on any atom is -0.481 e. The summed E-state index contributed by atoms with van der Waals surface area (Å²) in [6.45, 7) is 0.370. The summed E-state index contributed by atoms with van der Waals surface area (Å²) in [5.74, 6) is -0.827. The van der Waals surface area contributed by atoms with Gasteiger partial charge in [-0.25, -0.2) is 0 Å². The van der Waals surface area contributed by atoms with Crippen LogP contribution in [0.3, 0.4) is 0 Å². The Morgan fingerprint density at radius 3 is 2.70 bits per heavy atom. The van der Waals surface area contributed by atoms with Gasteiger partial charge in [-0.2, -0.15) is 0 Å². The third-order valence-corrected chi connectivity index (χ3v) is 1.20. The summed E-state index contributed by atoms with van der Waals surface area (Å²) in [4.78, 5) is 9.97. The number of carboxylic acids is 1. The lowest BCUT2D eigenvalue weighted by Gasteiger charge is -2.03. The second-order valence-corrected chi connectivity index (χ2v) is 2.06. The fraction of sp³-hybridized carbons (Fsp3) is 0.600. The molecule has 0 saturated carbocycles. The van der Waals surface area contributed by atoms with E-state index < -0.39 is 5.97 Å². The first-order valence-corrected chi connectivity index (χ1v) is 3.25. The number of rotatable bonds is 3. The van der Waals surface area contributed by atoms with Gasteiger partial charge in [-0.15, -0.1) is 0 Å². The minimum absolute atomic E-state index is 0.0851. The van der Waals surface area contributed by atoms with Gasteiger partial charge < -0.3 is 15.7 Å². The Bertz CT molecular complexity index is 138. The molecule has 0 spiro atoms. The largest absolute Gasteiger partial charge is 0.481 e. The fourth-order valence-electron chi connectivity index (χ4n) is 0.371. The lowest BCUT2D eigenvalue weighted by Crippen LogP contribution is -2.33. The van der Waals surface area contributed by atoms with Gasteiger partial charge in [-0.05, 0) is 12.2 Å². The molecule has 0 aromatic heterocycles. The third-order valence-electron chi connectivity index (χ3n) is 0.851. The number of nitrogens with one attached hydrogen (secondary N) is 2. The zero-order valence-electron chi connectivity index (χ0n) is 5.68. The maximum absolute atomic E-state index is 9.97. The molecule has 0 aromatic rings. The van der Waals surface area contributed by atoms with E-state index in [2.05, 4.69) is 10.6 Å². The monoisotopic (exact) mass is 162 g/mol. The summed E-state index contributed by atoms with van der Waals surface area (Å²) in [7, 11) is 1.68. The van der Waals surface area contributed by atoms with Crippen molar-refractivity contribution < 1.29 is 9.90 Å². The quantitative estimate of drug-likeness (QED) is 0.491. The van der Waals surface area contributed by atoms with Gasteiger partial charge in [0.2, 0.25) is 0 Å². The van der Waals surface area contributed by atoms with Crippen LogP contribution in [0.15, 0.2) is 0 Å². The van der Waals surface area contributed by atoms with Crippen molar-refractivity contribution in [3.8, 4) is 0 Å². The van der Waals surface area contributed by atoms with Gasteiger partial charge in [-0.1, -0.05) is 0 Å². The van der Waals surface area contributed by atoms with Crippen molar-refractivity contribution in [1.82, 2.24) is 10.6 Å². The van der Waals surface area contributed by atoms with Gasteiger partial charge >= 0.3 is 5.97 Å². The molecular formula is C5H10N2O2S. The van der Waals surface area contributed by atoms with E-state index in [0.717, 1.165) is 0 Å². The van der Waals surface area contributed by atoms with Gasteiger partial charge in [0.25, 0.3) is 0 Å². The molecule has 0 rings (SSSR count). The number of thiocarbonyl (C=S) groups is 1. The molecule has 0 aromatic carbocycles. The van der Waals surface area contributed by atoms with Gasteiger partial charge in [0.1, 0.15) is 0 Å². The highest BCUT2D eigenvalue weighted by Gasteiger charge is 1.95. The molecule has 0 amide bonds. The number of aliphatic carboxylic acids is 1. The smallest absolute Gasteiger partial charge is 0.305 e. The Hall–Kier alpha value is -0.840. The molecular weight excluding hydrogens is 152 g/mol. The van der Waals surface area contributed by atoms with Crippen LogP contribution in [0.5, 0.6) is 0 Å². The number of hydrogen-bond acceptors (Lipinski definition) is 2. The molecule has 4 nitrogen and oxygen atoms in total. The molecule has 0 unspecified atom stereocenters. The van der Waals surface area contributed by atoms with E-state index in [-0.39, 0.29) is 6.42 Å². The van der Waals surface area contributed by atoms with Crippen molar-refractivity contribution in [2.45, 2.75) is 6.42 Å². The first kappa shape index (κ1) is 9.16. The average molecular weight is 162 g/mol. The highest BCUT2D eigenvalue weighted by molar-refractivity contribution is 7.80. The van der Waals surface area contributed by atoms with E-state index >= 15 is 0 Å². The Kier molecular flexibility index (Phi) is 4.57. The molecule has 5 heteroatoms. The van der Waals surface area contributed by atoms with E-state index in [1.54, 1.807) is 7.05 Å². The summed E-state index contributed by atoms with van der Waals surface area (Å²) in [5, 5.41) is 14.0. The molecule has 0 aliphatic heterocycles. The molecule has 0 radical (unpaired) electrons. The third kappa shape index (κ3) is 5.30. The second-order valence-electron chi connectivity index (χ2n) is 1.65. The van der Waals surface area contributed by atoms with Crippen LogP contribution in [-0.2, 0) is 4.79 Å². The van der Waals surface area contributed by atoms with Crippen LogP contribution in [-0.4, -0.2) is 29.8 Å². The van der Waals surface area contributed by atoms with Gasteiger partial charge in [0, 0.05) is 13.6 Å². The van der Waals surface area contributed by atoms with Crippen molar-refractivity contribution in [3.63, 3.8) is 0 Å². The summed E-state index contributed by atoms with van der Waals surface area (Å²) in [6, 6.07) is 0. The molecule has 0 aliphatic carbocycles. The van der Waals surface area contributed by atoms with Crippen molar-refractivity contribution in [3.05, 3.63) is 0 Å². The lowest BCUT2D eigenvalue weighted by molar-refractivity contribution is -0.136. The Balaban J connectivity index is 3.20. The van der Waals surface area contributed by atoms with Crippen LogP contribution in [0.25, 0.3) is 0 Å². The maximum Gasteiger partial charge on any atom is 0.305 e. The molecule has 0 bridgehead atoms. The van der Waals surface area contributed by atoms with Crippen molar-refractivity contribution in [2.75, 3.05) is 13.6 Å². The van der Waals surface area contributed by atoms with Crippen LogP contribution in [0.4, 0.5) is 0 Å². The van der Waals surface area contributed by atoms with Gasteiger partial charge in [0.05, 0.1) is 6.42 Å². The number of carboxylic acid groups (broad SMARTS) is 1. The number of hydrogen-bond donors (Lipinski definition) is 3. The van der Waals surface area contributed by atoms with Crippen molar-refractivity contribution >= 4 is 23.3 Å². The highest BCUT2D eigenvalue weighted by atomic mass is 32.1. The predicted octanol–water partition coefficient (Wildman–Crippen LogP) is -0.445. The summed E-state index contributed by atoms with van der Waals surface area (Å²) in [6.07, 6.45) is 0.0851. The van der Waals surface area contributed by atoms with E-state index in [4.69, 9.17) is 17.3 Å². The van der Waals surface area contributed by atoms with E-state index in [9.17, 15) is 4.79 Å². The molecule has 0 heterocycles. The van der Waals surface area contributed by atoms with E-state index in [1.807, 2.05) is 0 Å². The Morgan fingerprint density at radius 2 is 2.30 bits per heavy atom. The minimum atomic E-state index is -0.827. The molecule has 10 heavy (non-hydrogen) atoms. The fourth-order valence-corrected chi connectivity index (χ4v) is 0.473. The van der Waals surface area contributed by atoms with Crippen LogP contribution in [0.2, 0.25) is 0 Å². The van der Waals surface area contributed by atoms with Crippen LogP contribution in [0.1, 0.15) is 6.42 Å². The zero-order chi connectivity index (χ0) is 7.98. The van der Waals surface area contributed by atoms with E-state index in [0.29, 0.717) is 11.7 Å². The summed E-state index contributed by atoms with van der Waals surface area (Å²) >= 11 is 4.69. The SMILES string of the molecule is CNC(=S)NCCC(=O)O. The van der Waals surface area contributed by atoms with Gasteiger partial charge in [0.15, 0.2) is 5.11 Å². The predicted molar refractivity (Wildman–Crippen MR) is 41.9 cm³/mol. The topological polar surface area (TPSA) is 61.4 Å².